The van der Waals surface area contributed by atoms with E-state index in [0.29, 0.717) is 0 Å². The average molecular weight is 154 g/mol. The van der Waals surface area contributed by atoms with Crippen LogP contribution >= 0.6 is 7.92 Å². The van der Waals surface area contributed by atoms with E-state index in [1.54, 1.807) is 5.31 Å². The second kappa shape index (κ2) is 3.93. The first-order chi connectivity index (χ1) is 4.88. The first-order valence-corrected chi connectivity index (χ1v) is 5.70. The molecule has 0 unspecified atom stereocenters. The maximum atomic E-state index is 2.30. The molecule has 0 saturated carbocycles. The predicted octanol–water partition coefficient (Wildman–Crippen LogP) is 3.35. The van der Waals surface area contributed by atoms with Crippen LogP contribution in [0.4, 0.5) is 0 Å². The molecule has 1 aliphatic rings. The van der Waals surface area contributed by atoms with Crippen LogP contribution in [0.5, 0.6) is 0 Å². The number of rotatable bonds is 3. The molecule has 0 N–H and O–H groups in total. The zero-order valence-corrected chi connectivity index (χ0v) is 7.70. The highest BCUT2D eigenvalue weighted by atomic mass is 31.1. The van der Waals surface area contributed by atoms with Crippen molar-refractivity contribution in [2.75, 3.05) is 12.3 Å². The Kier molecular flexibility index (Phi) is 3.15. The van der Waals surface area contributed by atoms with Crippen molar-refractivity contribution >= 4 is 7.92 Å². The zero-order chi connectivity index (χ0) is 7.40. The summed E-state index contributed by atoms with van der Waals surface area (Å²) < 4.78 is 0. The SMILES string of the molecule is CCP(CC)C1=CC=CC1. The van der Waals surface area contributed by atoms with Crippen molar-refractivity contribution in [3.63, 3.8) is 0 Å². The van der Waals surface area contributed by atoms with Gasteiger partial charge in [0.2, 0.25) is 0 Å². The molecule has 0 nitrogen and oxygen atoms in total. The molecule has 0 aliphatic heterocycles. The standard InChI is InChI=1S/C9H15P/c1-3-10(4-2)9-7-5-6-8-9/h5-7H,3-4,8H2,1-2H3. The number of allylic oxidation sites excluding steroid dienone is 4. The zero-order valence-electron chi connectivity index (χ0n) is 6.80. The molecule has 0 radical (unpaired) electrons. The van der Waals surface area contributed by atoms with Crippen molar-refractivity contribution in [3.05, 3.63) is 23.5 Å². The molecule has 10 heavy (non-hydrogen) atoms. The van der Waals surface area contributed by atoms with Crippen LogP contribution in [0.25, 0.3) is 0 Å². The van der Waals surface area contributed by atoms with E-state index in [1.165, 1.54) is 18.7 Å². The fourth-order valence-electron chi connectivity index (χ4n) is 1.30. The van der Waals surface area contributed by atoms with Crippen LogP contribution in [-0.2, 0) is 0 Å². The van der Waals surface area contributed by atoms with Crippen LogP contribution in [0.2, 0.25) is 0 Å². The minimum atomic E-state index is 0.241. The van der Waals surface area contributed by atoms with Gasteiger partial charge in [-0.2, -0.15) is 0 Å². The van der Waals surface area contributed by atoms with Crippen LogP contribution in [-0.4, -0.2) is 12.3 Å². The van der Waals surface area contributed by atoms with Crippen molar-refractivity contribution in [3.8, 4) is 0 Å². The summed E-state index contributed by atoms with van der Waals surface area (Å²) in [5.41, 5.74) is 0. The lowest BCUT2D eigenvalue weighted by molar-refractivity contribution is 1.34. The van der Waals surface area contributed by atoms with E-state index in [4.69, 9.17) is 0 Å². The maximum Gasteiger partial charge on any atom is -0.00899 e. The quantitative estimate of drug-likeness (QED) is 0.547. The highest BCUT2D eigenvalue weighted by Crippen LogP contribution is 2.47. The van der Waals surface area contributed by atoms with E-state index < -0.39 is 0 Å². The molecule has 1 rings (SSSR count). The van der Waals surface area contributed by atoms with Gasteiger partial charge in [-0.1, -0.05) is 40.0 Å². The van der Waals surface area contributed by atoms with Gasteiger partial charge in [0.15, 0.2) is 0 Å². The third-order valence-corrected chi connectivity index (χ3v) is 4.59. The normalized spacial score (nSPS) is 16.5. The Bertz CT molecular complexity index is 152. The summed E-state index contributed by atoms with van der Waals surface area (Å²) in [6, 6.07) is 0. The maximum absolute atomic E-state index is 2.30. The van der Waals surface area contributed by atoms with Crippen molar-refractivity contribution in [1.29, 1.82) is 0 Å². The Morgan fingerprint density at radius 2 is 2.10 bits per heavy atom. The molecule has 0 aromatic rings. The van der Waals surface area contributed by atoms with Crippen molar-refractivity contribution in [2.45, 2.75) is 20.3 Å². The first kappa shape index (κ1) is 8.01. The van der Waals surface area contributed by atoms with Gasteiger partial charge >= 0.3 is 0 Å². The van der Waals surface area contributed by atoms with Crippen LogP contribution in [0.1, 0.15) is 20.3 Å². The minimum Gasteiger partial charge on any atom is -0.0801 e. The van der Waals surface area contributed by atoms with E-state index in [0.717, 1.165) is 0 Å². The highest BCUT2D eigenvalue weighted by Gasteiger charge is 2.08. The minimum absolute atomic E-state index is 0.241. The van der Waals surface area contributed by atoms with Crippen molar-refractivity contribution in [1.82, 2.24) is 0 Å². The Morgan fingerprint density at radius 3 is 2.50 bits per heavy atom. The molecule has 0 amide bonds. The van der Waals surface area contributed by atoms with Gasteiger partial charge in [-0.15, -0.1) is 0 Å². The summed E-state index contributed by atoms with van der Waals surface area (Å²) >= 11 is 0. The van der Waals surface area contributed by atoms with Crippen LogP contribution in [0.15, 0.2) is 23.5 Å². The second-order valence-corrected chi connectivity index (χ2v) is 5.38. The molecule has 0 bridgehead atoms. The van der Waals surface area contributed by atoms with Gasteiger partial charge in [-0.3, -0.25) is 0 Å². The van der Waals surface area contributed by atoms with Crippen molar-refractivity contribution in [2.24, 2.45) is 0 Å². The molecular formula is C9H15P. The first-order valence-electron chi connectivity index (χ1n) is 3.99. The highest BCUT2D eigenvalue weighted by molar-refractivity contribution is 7.62. The van der Waals surface area contributed by atoms with Crippen molar-refractivity contribution < 1.29 is 0 Å². The van der Waals surface area contributed by atoms with E-state index in [1.807, 2.05) is 0 Å². The Hall–Kier alpha value is -0.0900. The Labute approximate surface area is 64.8 Å². The number of hydrogen-bond acceptors (Lipinski definition) is 0. The van der Waals surface area contributed by atoms with Gasteiger partial charge in [-0.05, 0) is 24.1 Å². The molecule has 0 spiro atoms. The average Bonchev–Trinajstić information content (AvgIpc) is 2.43. The summed E-state index contributed by atoms with van der Waals surface area (Å²) in [7, 11) is 0.241. The van der Waals surface area contributed by atoms with Gasteiger partial charge in [0.25, 0.3) is 0 Å². The van der Waals surface area contributed by atoms with Crippen LogP contribution < -0.4 is 0 Å². The van der Waals surface area contributed by atoms with Gasteiger partial charge in [0, 0.05) is 0 Å². The molecule has 56 valence electrons. The fraction of sp³-hybridized carbons (Fsp3) is 0.556. The molecule has 0 atom stereocenters. The Balaban J connectivity index is 2.47. The third kappa shape index (κ3) is 1.70. The third-order valence-electron chi connectivity index (χ3n) is 1.92. The molecule has 0 aromatic heterocycles. The summed E-state index contributed by atoms with van der Waals surface area (Å²) in [6.07, 6.45) is 10.7. The van der Waals surface area contributed by atoms with Gasteiger partial charge in [0.05, 0.1) is 0 Å². The summed E-state index contributed by atoms with van der Waals surface area (Å²) in [4.78, 5) is 0. The van der Waals surface area contributed by atoms with Gasteiger partial charge in [-0.25, -0.2) is 0 Å². The summed E-state index contributed by atoms with van der Waals surface area (Å²) in [6.45, 7) is 4.60. The fourth-order valence-corrected chi connectivity index (χ4v) is 3.22. The Morgan fingerprint density at radius 1 is 1.40 bits per heavy atom. The lowest BCUT2D eigenvalue weighted by atomic mass is 10.5. The molecule has 0 fully saturated rings. The largest absolute Gasteiger partial charge is 0.0801 e. The molecule has 0 heterocycles. The summed E-state index contributed by atoms with van der Waals surface area (Å²) in [5, 5.41) is 1.69. The monoisotopic (exact) mass is 154 g/mol. The molecule has 0 saturated heterocycles. The molecular weight excluding hydrogens is 139 g/mol. The number of hydrogen-bond donors (Lipinski definition) is 0. The topological polar surface area (TPSA) is 0 Å². The van der Waals surface area contributed by atoms with Gasteiger partial charge < -0.3 is 0 Å². The molecule has 0 aromatic carbocycles. The molecule has 1 heteroatoms. The van der Waals surface area contributed by atoms with E-state index in [9.17, 15) is 0 Å². The van der Waals surface area contributed by atoms with E-state index >= 15 is 0 Å². The van der Waals surface area contributed by atoms with Crippen LogP contribution in [0.3, 0.4) is 0 Å². The van der Waals surface area contributed by atoms with E-state index in [-0.39, 0.29) is 7.92 Å². The van der Waals surface area contributed by atoms with E-state index in [2.05, 4.69) is 32.1 Å². The lowest BCUT2D eigenvalue weighted by Gasteiger charge is -2.13. The van der Waals surface area contributed by atoms with Gasteiger partial charge in [0.1, 0.15) is 0 Å². The smallest absolute Gasteiger partial charge is 0.00899 e. The molecule has 1 aliphatic carbocycles. The van der Waals surface area contributed by atoms with Crippen LogP contribution in [0, 0.1) is 0 Å². The summed E-state index contributed by atoms with van der Waals surface area (Å²) in [5.74, 6) is 0. The predicted molar refractivity (Wildman–Crippen MR) is 49.8 cm³/mol. The lowest BCUT2D eigenvalue weighted by Crippen LogP contribution is -1.84. The second-order valence-electron chi connectivity index (χ2n) is 2.46.